The second-order valence-corrected chi connectivity index (χ2v) is 6.65. The van der Waals surface area contributed by atoms with Crippen molar-refractivity contribution in [3.8, 4) is 5.75 Å². The van der Waals surface area contributed by atoms with Gasteiger partial charge in [0.25, 0.3) is 5.91 Å². The van der Waals surface area contributed by atoms with Crippen LogP contribution in [0, 0.1) is 13.8 Å². The zero-order chi connectivity index (χ0) is 17.6. The zero-order valence-corrected chi connectivity index (χ0v) is 15.0. The van der Waals surface area contributed by atoms with Crippen molar-refractivity contribution in [1.82, 2.24) is 0 Å². The van der Waals surface area contributed by atoms with E-state index in [1.54, 1.807) is 0 Å². The third-order valence-corrected chi connectivity index (χ3v) is 4.72. The monoisotopic (exact) mass is 338 g/mol. The molecule has 1 amide bonds. The summed E-state index contributed by atoms with van der Waals surface area (Å²) in [6, 6.07) is 13.9. The normalized spacial score (nSPS) is 14.2. The van der Waals surface area contributed by atoms with Crippen LogP contribution in [0.25, 0.3) is 0 Å². The maximum absolute atomic E-state index is 12.3. The third kappa shape index (κ3) is 4.53. The lowest BCUT2D eigenvalue weighted by Crippen LogP contribution is -2.30. The summed E-state index contributed by atoms with van der Waals surface area (Å²) < 4.78 is 5.64. The van der Waals surface area contributed by atoms with Gasteiger partial charge in [-0.2, -0.15) is 0 Å². The Labute approximate surface area is 149 Å². The molecule has 1 aliphatic heterocycles. The Kier molecular flexibility index (Phi) is 5.59. The Hall–Kier alpha value is -2.49. The molecule has 2 aromatic rings. The van der Waals surface area contributed by atoms with Gasteiger partial charge in [0.15, 0.2) is 6.61 Å². The zero-order valence-electron chi connectivity index (χ0n) is 15.0. The van der Waals surface area contributed by atoms with Crippen LogP contribution in [0.4, 0.5) is 11.4 Å². The highest BCUT2D eigenvalue weighted by Crippen LogP contribution is 2.28. The SMILES string of the molecule is Cc1ccc(OCC(=O)Nc2ccccc2N2CCCCC2)cc1C. The van der Waals surface area contributed by atoms with Crippen LogP contribution in [0.15, 0.2) is 42.5 Å². The molecule has 25 heavy (non-hydrogen) atoms. The third-order valence-electron chi connectivity index (χ3n) is 4.72. The number of aryl methyl sites for hydroxylation is 2. The standard InChI is InChI=1S/C21H26N2O2/c1-16-10-11-18(14-17(16)2)25-15-21(24)22-19-8-4-5-9-20(19)23-12-6-3-7-13-23/h4-5,8-11,14H,3,6-7,12-13,15H2,1-2H3,(H,22,24). The summed E-state index contributed by atoms with van der Waals surface area (Å²) in [6.45, 7) is 6.20. The van der Waals surface area contributed by atoms with Gasteiger partial charge < -0.3 is 15.0 Å². The average molecular weight is 338 g/mol. The Morgan fingerprint density at radius 1 is 1.04 bits per heavy atom. The van der Waals surface area contributed by atoms with Gasteiger partial charge in [-0.25, -0.2) is 0 Å². The molecule has 0 bridgehead atoms. The van der Waals surface area contributed by atoms with Gasteiger partial charge in [0.1, 0.15) is 5.75 Å². The maximum atomic E-state index is 12.3. The first-order valence-electron chi connectivity index (χ1n) is 8.97. The van der Waals surface area contributed by atoms with Crippen molar-refractivity contribution < 1.29 is 9.53 Å². The van der Waals surface area contributed by atoms with Crippen LogP contribution in [0.3, 0.4) is 0 Å². The number of carbonyl (C=O) groups excluding carboxylic acids is 1. The number of hydrogen-bond acceptors (Lipinski definition) is 3. The number of amides is 1. The summed E-state index contributed by atoms with van der Waals surface area (Å²) in [7, 11) is 0. The number of piperidine rings is 1. The first-order valence-corrected chi connectivity index (χ1v) is 8.97. The highest BCUT2D eigenvalue weighted by atomic mass is 16.5. The number of nitrogens with one attached hydrogen (secondary N) is 1. The van der Waals surface area contributed by atoms with Crippen LogP contribution in [0.2, 0.25) is 0 Å². The Balaban J connectivity index is 1.61. The molecule has 1 heterocycles. The first kappa shape index (κ1) is 17.3. The number of rotatable bonds is 5. The van der Waals surface area contributed by atoms with E-state index in [1.807, 2.05) is 43.3 Å². The smallest absolute Gasteiger partial charge is 0.262 e. The maximum Gasteiger partial charge on any atom is 0.262 e. The second-order valence-electron chi connectivity index (χ2n) is 6.65. The van der Waals surface area contributed by atoms with Crippen LogP contribution < -0.4 is 15.0 Å². The fraction of sp³-hybridized carbons (Fsp3) is 0.381. The average Bonchev–Trinajstić information content (AvgIpc) is 2.64. The summed E-state index contributed by atoms with van der Waals surface area (Å²) in [5.41, 5.74) is 4.33. The van der Waals surface area contributed by atoms with E-state index >= 15 is 0 Å². The Morgan fingerprint density at radius 2 is 1.80 bits per heavy atom. The van der Waals surface area contributed by atoms with E-state index in [4.69, 9.17) is 4.74 Å². The number of carbonyl (C=O) groups is 1. The summed E-state index contributed by atoms with van der Waals surface area (Å²) in [6.07, 6.45) is 3.70. The van der Waals surface area contributed by atoms with Crippen LogP contribution in [-0.2, 0) is 4.79 Å². The molecular formula is C21H26N2O2. The van der Waals surface area contributed by atoms with E-state index in [2.05, 4.69) is 23.2 Å². The second kappa shape index (κ2) is 8.06. The van der Waals surface area contributed by atoms with E-state index < -0.39 is 0 Å². The predicted octanol–water partition coefficient (Wildman–Crippen LogP) is 4.31. The number of nitrogens with zero attached hydrogens (tertiary/aromatic N) is 1. The number of ether oxygens (including phenoxy) is 1. The van der Waals surface area contributed by atoms with Crippen LogP contribution >= 0.6 is 0 Å². The first-order chi connectivity index (χ1) is 12.1. The lowest BCUT2D eigenvalue weighted by Gasteiger charge is -2.30. The van der Waals surface area contributed by atoms with Gasteiger partial charge in [0, 0.05) is 13.1 Å². The van der Waals surface area contributed by atoms with E-state index in [9.17, 15) is 4.79 Å². The highest BCUT2D eigenvalue weighted by molar-refractivity contribution is 5.95. The van der Waals surface area contributed by atoms with Crippen molar-refractivity contribution in [3.63, 3.8) is 0 Å². The minimum atomic E-state index is -0.136. The van der Waals surface area contributed by atoms with Gasteiger partial charge in [-0.3, -0.25) is 4.79 Å². The highest BCUT2D eigenvalue weighted by Gasteiger charge is 2.15. The number of benzene rings is 2. The molecule has 0 atom stereocenters. The number of hydrogen-bond donors (Lipinski definition) is 1. The molecule has 0 saturated carbocycles. The van der Waals surface area contributed by atoms with Gasteiger partial charge in [-0.05, 0) is 68.5 Å². The molecular weight excluding hydrogens is 312 g/mol. The molecule has 132 valence electrons. The van der Waals surface area contributed by atoms with Crippen LogP contribution in [0.1, 0.15) is 30.4 Å². The van der Waals surface area contributed by atoms with Crippen LogP contribution in [-0.4, -0.2) is 25.6 Å². The quantitative estimate of drug-likeness (QED) is 0.883. The van der Waals surface area contributed by atoms with Gasteiger partial charge in [0.05, 0.1) is 11.4 Å². The number of anilines is 2. The molecule has 0 spiro atoms. The molecule has 1 aliphatic rings. The van der Waals surface area contributed by atoms with Gasteiger partial charge in [-0.1, -0.05) is 18.2 Å². The van der Waals surface area contributed by atoms with Crippen molar-refractivity contribution in [3.05, 3.63) is 53.6 Å². The Bertz CT molecular complexity index is 736. The molecule has 0 radical (unpaired) electrons. The summed E-state index contributed by atoms with van der Waals surface area (Å²) >= 11 is 0. The molecule has 1 fully saturated rings. The summed E-state index contributed by atoms with van der Waals surface area (Å²) in [5.74, 6) is 0.588. The fourth-order valence-electron chi connectivity index (χ4n) is 3.13. The van der Waals surface area contributed by atoms with E-state index in [1.165, 1.54) is 24.8 Å². The van der Waals surface area contributed by atoms with Gasteiger partial charge in [0.2, 0.25) is 0 Å². The topological polar surface area (TPSA) is 41.6 Å². The van der Waals surface area contributed by atoms with Crippen molar-refractivity contribution in [2.45, 2.75) is 33.1 Å². The minimum Gasteiger partial charge on any atom is -0.484 e. The molecule has 4 nitrogen and oxygen atoms in total. The predicted molar refractivity (Wildman–Crippen MR) is 103 cm³/mol. The molecule has 1 saturated heterocycles. The van der Waals surface area contributed by atoms with E-state index in [0.29, 0.717) is 0 Å². The van der Waals surface area contributed by atoms with Crippen molar-refractivity contribution in [2.75, 3.05) is 29.9 Å². The largest absolute Gasteiger partial charge is 0.484 e. The van der Waals surface area contributed by atoms with Crippen molar-refractivity contribution in [1.29, 1.82) is 0 Å². The molecule has 2 aromatic carbocycles. The minimum absolute atomic E-state index is 0.0107. The summed E-state index contributed by atoms with van der Waals surface area (Å²) in [5, 5.41) is 3.00. The molecule has 0 aliphatic carbocycles. The van der Waals surface area contributed by atoms with Crippen molar-refractivity contribution >= 4 is 17.3 Å². The Morgan fingerprint density at radius 3 is 2.56 bits per heavy atom. The molecule has 4 heteroatoms. The lowest BCUT2D eigenvalue weighted by molar-refractivity contribution is -0.118. The lowest BCUT2D eigenvalue weighted by atomic mass is 10.1. The van der Waals surface area contributed by atoms with Gasteiger partial charge >= 0.3 is 0 Å². The molecule has 0 aromatic heterocycles. The van der Waals surface area contributed by atoms with Crippen LogP contribution in [0.5, 0.6) is 5.75 Å². The number of para-hydroxylation sites is 2. The fourth-order valence-corrected chi connectivity index (χ4v) is 3.13. The molecule has 3 rings (SSSR count). The summed E-state index contributed by atoms with van der Waals surface area (Å²) in [4.78, 5) is 14.7. The van der Waals surface area contributed by atoms with E-state index in [-0.39, 0.29) is 12.5 Å². The van der Waals surface area contributed by atoms with Gasteiger partial charge in [-0.15, -0.1) is 0 Å². The molecule has 0 unspecified atom stereocenters. The van der Waals surface area contributed by atoms with Crippen molar-refractivity contribution in [2.24, 2.45) is 0 Å². The van der Waals surface area contributed by atoms with E-state index in [0.717, 1.165) is 35.8 Å². The molecule has 1 N–H and O–H groups in total.